The van der Waals surface area contributed by atoms with E-state index in [0.29, 0.717) is 52.0 Å². The summed E-state index contributed by atoms with van der Waals surface area (Å²) in [5.74, 6) is 0.725. The van der Waals surface area contributed by atoms with Gasteiger partial charge in [0.05, 0.1) is 23.6 Å². The fraction of sp³-hybridized carbons (Fsp3) is 0.152. The minimum Gasteiger partial charge on any atom is -0.490 e. The summed E-state index contributed by atoms with van der Waals surface area (Å²) in [6.07, 6.45) is 0. The Morgan fingerprint density at radius 3 is 2.48 bits per heavy atom. The van der Waals surface area contributed by atoms with E-state index in [9.17, 15) is 9.59 Å². The molecule has 0 N–H and O–H groups in total. The molecule has 0 bridgehead atoms. The zero-order valence-corrected chi connectivity index (χ0v) is 22.8. The van der Waals surface area contributed by atoms with Crippen LogP contribution in [-0.2, 0) is 6.61 Å². The van der Waals surface area contributed by atoms with Gasteiger partial charge in [0, 0.05) is 10.7 Å². The fourth-order valence-corrected chi connectivity index (χ4v) is 5.29. The zero-order valence-electron chi connectivity index (χ0n) is 22.0. The summed E-state index contributed by atoms with van der Waals surface area (Å²) < 4.78 is 18.1. The van der Waals surface area contributed by atoms with E-state index in [1.165, 1.54) is 0 Å². The molecule has 200 valence electrons. The van der Waals surface area contributed by atoms with Crippen LogP contribution in [0.1, 0.15) is 45.8 Å². The van der Waals surface area contributed by atoms with Gasteiger partial charge in [-0.2, -0.15) is 0 Å². The van der Waals surface area contributed by atoms with Crippen molar-refractivity contribution < 1.29 is 18.7 Å². The normalized spacial score (nSPS) is 14.4. The molecule has 6 nitrogen and oxygen atoms in total. The molecule has 1 atom stereocenters. The number of rotatable bonds is 7. The van der Waals surface area contributed by atoms with Crippen LogP contribution >= 0.6 is 11.6 Å². The standard InChI is InChI=1S/C33H26ClNO5/c1-3-38-28-17-22(12-14-27(28)39-19-21-9-5-4-6-10-21)30-29-31(36)25-18-23(34)13-15-26(25)40-32(29)33(37)35(30)24-11-7-8-20(2)16-24/h4-18,30H,3,19H2,1-2H3. The predicted octanol–water partition coefficient (Wildman–Crippen LogP) is 7.48. The van der Waals surface area contributed by atoms with E-state index in [1.54, 1.807) is 23.1 Å². The molecule has 1 aromatic heterocycles. The molecule has 7 heteroatoms. The third-order valence-electron chi connectivity index (χ3n) is 6.93. The third kappa shape index (κ3) is 4.61. The van der Waals surface area contributed by atoms with Crippen molar-refractivity contribution in [2.24, 2.45) is 0 Å². The van der Waals surface area contributed by atoms with Gasteiger partial charge < -0.3 is 13.9 Å². The lowest BCUT2D eigenvalue weighted by Crippen LogP contribution is -2.29. The van der Waals surface area contributed by atoms with Gasteiger partial charge in [-0.15, -0.1) is 0 Å². The summed E-state index contributed by atoms with van der Waals surface area (Å²) in [4.78, 5) is 29.4. The fourth-order valence-electron chi connectivity index (χ4n) is 5.12. The van der Waals surface area contributed by atoms with Gasteiger partial charge in [0.15, 0.2) is 16.9 Å². The van der Waals surface area contributed by atoms with Gasteiger partial charge in [-0.3, -0.25) is 14.5 Å². The molecule has 5 aromatic rings. The van der Waals surface area contributed by atoms with Crippen LogP contribution < -0.4 is 19.8 Å². The Hall–Kier alpha value is -4.55. The number of carbonyl (C=O) groups is 1. The predicted molar refractivity (Wildman–Crippen MR) is 156 cm³/mol. The molecule has 0 saturated heterocycles. The number of aryl methyl sites for hydroxylation is 1. The van der Waals surface area contributed by atoms with E-state index in [0.717, 1.165) is 11.1 Å². The molecule has 0 fully saturated rings. The molecule has 0 radical (unpaired) electrons. The lowest BCUT2D eigenvalue weighted by Gasteiger charge is -2.26. The molecule has 1 aliphatic heterocycles. The van der Waals surface area contributed by atoms with Gasteiger partial charge in [-0.05, 0) is 73.0 Å². The summed E-state index contributed by atoms with van der Waals surface area (Å²) in [5, 5.41) is 0.734. The number of hydrogen-bond acceptors (Lipinski definition) is 5. The molecule has 4 aromatic carbocycles. The maximum Gasteiger partial charge on any atom is 0.295 e. The summed E-state index contributed by atoms with van der Waals surface area (Å²) in [5.41, 5.74) is 3.64. The Morgan fingerprint density at radius 1 is 0.875 bits per heavy atom. The molecular weight excluding hydrogens is 526 g/mol. The first kappa shape index (κ1) is 25.7. The smallest absolute Gasteiger partial charge is 0.295 e. The maximum absolute atomic E-state index is 13.9. The Labute approximate surface area is 236 Å². The highest BCUT2D eigenvalue weighted by Gasteiger charge is 2.44. The lowest BCUT2D eigenvalue weighted by atomic mass is 9.97. The van der Waals surface area contributed by atoms with E-state index in [2.05, 4.69) is 0 Å². The van der Waals surface area contributed by atoms with Gasteiger partial charge in [-0.1, -0.05) is 60.1 Å². The monoisotopic (exact) mass is 551 g/mol. The third-order valence-corrected chi connectivity index (χ3v) is 7.17. The van der Waals surface area contributed by atoms with Crippen molar-refractivity contribution in [3.05, 3.63) is 134 Å². The van der Waals surface area contributed by atoms with Crippen LogP contribution in [0.5, 0.6) is 11.5 Å². The minimum absolute atomic E-state index is 0.0219. The topological polar surface area (TPSA) is 69.0 Å². The number of ether oxygens (including phenoxy) is 2. The number of carbonyl (C=O) groups excluding carboxylic acids is 1. The van der Waals surface area contributed by atoms with Gasteiger partial charge in [0.25, 0.3) is 5.91 Å². The van der Waals surface area contributed by atoms with Gasteiger partial charge >= 0.3 is 0 Å². The van der Waals surface area contributed by atoms with E-state index < -0.39 is 6.04 Å². The first-order chi connectivity index (χ1) is 19.4. The Morgan fingerprint density at radius 2 is 1.70 bits per heavy atom. The molecule has 2 heterocycles. The van der Waals surface area contributed by atoms with Gasteiger partial charge in [-0.25, -0.2) is 0 Å². The van der Waals surface area contributed by atoms with Crippen molar-refractivity contribution in [1.29, 1.82) is 0 Å². The van der Waals surface area contributed by atoms with E-state index >= 15 is 0 Å². The van der Waals surface area contributed by atoms with E-state index in [-0.39, 0.29) is 22.7 Å². The highest BCUT2D eigenvalue weighted by Crippen LogP contribution is 2.43. The first-order valence-corrected chi connectivity index (χ1v) is 13.4. The second-order valence-corrected chi connectivity index (χ2v) is 10.1. The van der Waals surface area contributed by atoms with Crippen molar-refractivity contribution in [1.82, 2.24) is 0 Å². The summed E-state index contributed by atoms with van der Waals surface area (Å²) >= 11 is 6.22. The molecular formula is C33H26ClNO5. The number of fused-ring (bicyclic) bond motifs is 2. The second-order valence-electron chi connectivity index (χ2n) is 9.64. The number of benzene rings is 4. The Bertz CT molecular complexity index is 1800. The highest BCUT2D eigenvalue weighted by atomic mass is 35.5. The van der Waals surface area contributed by atoms with Crippen LogP contribution in [0, 0.1) is 6.92 Å². The summed E-state index contributed by atoms with van der Waals surface area (Å²) in [6, 6.07) is 27.1. The second kappa shape index (κ2) is 10.5. The summed E-state index contributed by atoms with van der Waals surface area (Å²) in [7, 11) is 0. The van der Waals surface area contributed by atoms with Crippen LogP contribution in [0.2, 0.25) is 5.02 Å². The van der Waals surface area contributed by atoms with Crippen LogP contribution in [0.3, 0.4) is 0 Å². The SMILES string of the molecule is CCOc1cc(C2c3c(oc4ccc(Cl)cc4c3=O)C(=O)N2c2cccc(C)c2)ccc1OCc1ccccc1. The maximum atomic E-state index is 13.9. The largest absolute Gasteiger partial charge is 0.490 e. The average molecular weight is 552 g/mol. The molecule has 0 spiro atoms. The average Bonchev–Trinajstić information content (AvgIpc) is 3.25. The molecule has 1 unspecified atom stereocenters. The molecule has 6 rings (SSSR count). The van der Waals surface area contributed by atoms with Crippen molar-refractivity contribution in [3.8, 4) is 11.5 Å². The van der Waals surface area contributed by atoms with Crippen molar-refractivity contribution in [3.63, 3.8) is 0 Å². The molecule has 1 amide bonds. The van der Waals surface area contributed by atoms with E-state index in [4.69, 9.17) is 25.5 Å². The quantitative estimate of drug-likeness (QED) is 0.210. The Balaban J connectivity index is 1.51. The van der Waals surface area contributed by atoms with Crippen molar-refractivity contribution in [2.75, 3.05) is 11.5 Å². The van der Waals surface area contributed by atoms with Gasteiger partial charge in [0.2, 0.25) is 5.76 Å². The number of amides is 1. The lowest BCUT2D eigenvalue weighted by molar-refractivity contribution is 0.0971. The van der Waals surface area contributed by atoms with Gasteiger partial charge in [0.1, 0.15) is 12.2 Å². The van der Waals surface area contributed by atoms with E-state index in [1.807, 2.05) is 86.6 Å². The Kier molecular flexibility index (Phi) is 6.78. The number of nitrogens with zero attached hydrogens (tertiary/aromatic N) is 1. The number of halogens is 1. The summed E-state index contributed by atoms with van der Waals surface area (Å²) in [6.45, 7) is 4.64. The highest BCUT2D eigenvalue weighted by molar-refractivity contribution is 6.31. The minimum atomic E-state index is -0.744. The number of hydrogen-bond donors (Lipinski definition) is 0. The van der Waals surface area contributed by atoms with Crippen molar-refractivity contribution >= 4 is 34.2 Å². The van der Waals surface area contributed by atoms with Crippen LogP contribution in [0.25, 0.3) is 11.0 Å². The molecule has 0 aliphatic carbocycles. The van der Waals surface area contributed by atoms with Crippen LogP contribution in [0.4, 0.5) is 5.69 Å². The van der Waals surface area contributed by atoms with Crippen LogP contribution in [0.15, 0.2) is 100 Å². The molecule has 40 heavy (non-hydrogen) atoms. The molecule has 1 aliphatic rings. The van der Waals surface area contributed by atoms with Crippen LogP contribution in [-0.4, -0.2) is 12.5 Å². The zero-order chi connectivity index (χ0) is 27.8. The number of anilines is 1. The first-order valence-electron chi connectivity index (χ1n) is 13.0. The molecule has 0 saturated carbocycles. The van der Waals surface area contributed by atoms with Crippen molar-refractivity contribution in [2.45, 2.75) is 26.5 Å².